The first-order valence-corrected chi connectivity index (χ1v) is 5.91. The first-order valence-electron chi connectivity index (χ1n) is 5.91. The Morgan fingerprint density at radius 1 is 1.47 bits per heavy atom. The Labute approximate surface area is 110 Å². The van der Waals surface area contributed by atoms with Gasteiger partial charge in [-0.15, -0.1) is 0 Å². The molecular formula is C13H14N2O4. The van der Waals surface area contributed by atoms with Gasteiger partial charge in [-0.2, -0.15) is 0 Å². The molecule has 0 bridgehead atoms. The zero-order valence-electron chi connectivity index (χ0n) is 10.5. The Hall–Kier alpha value is -2.37. The van der Waals surface area contributed by atoms with Crippen LogP contribution in [-0.4, -0.2) is 29.1 Å². The van der Waals surface area contributed by atoms with Crippen molar-refractivity contribution in [3.05, 3.63) is 45.5 Å². The van der Waals surface area contributed by atoms with E-state index in [0.717, 1.165) is 12.5 Å². The van der Waals surface area contributed by atoms with Crippen LogP contribution in [0.2, 0.25) is 0 Å². The third kappa shape index (κ3) is 2.73. The fourth-order valence-corrected chi connectivity index (χ4v) is 2.06. The van der Waals surface area contributed by atoms with Gasteiger partial charge >= 0.3 is 5.97 Å². The average Bonchev–Trinajstić information content (AvgIpc) is 2.38. The molecule has 1 N–H and O–H groups in total. The highest BCUT2D eigenvalue weighted by atomic mass is 16.6. The lowest BCUT2D eigenvalue weighted by molar-refractivity contribution is -0.384. The highest BCUT2D eigenvalue weighted by molar-refractivity contribution is 5.89. The van der Waals surface area contributed by atoms with Gasteiger partial charge in [-0.25, -0.2) is 4.79 Å². The van der Waals surface area contributed by atoms with Crippen LogP contribution in [0.15, 0.2) is 29.8 Å². The van der Waals surface area contributed by atoms with E-state index >= 15 is 0 Å². The Balaban J connectivity index is 2.40. The maximum Gasteiger partial charge on any atom is 0.335 e. The van der Waals surface area contributed by atoms with E-state index in [1.807, 2.05) is 17.9 Å². The summed E-state index contributed by atoms with van der Waals surface area (Å²) in [6.45, 7) is 3.34. The van der Waals surface area contributed by atoms with Crippen LogP contribution in [0.3, 0.4) is 0 Å². The molecular weight excluding hydrogens is 248 g/mol. The van der Waals surface area contributed by atoms with Crippen molar-refractivity contribution in [3.63, 3.8) is 0 Å². The van der Waals surface area contributed by atoms with Crippen molar-refractivity contribution < 1.29 is 14.8 Å². The molecule has 1 aromatic carbocycles. The standard InChI is InChI=1S/C13H14N2O4/c1-9-4-6-14(7-5-9)11-3-2-10(13(16)17)8-12(11)15(18)19/h2-4,8H,5-7H2,1H3,(H,16,17). The number of nitro groups is 1. The van der Waals surface area contributed by atoms with Gasteiger partial charge in [0, 0.05) is 19.2 Å². The lowest BCUT2D eigenvalue weighted by Crippen LogP contribution is -2.28. The zero-order valence-corrected chi connectivity index (χ0v) is 10.5. The molecule has 0 atom stereocenters. The number of nitrogens with zero attached hydrogens (tertiary/aromatic N) is 2. The van der Waals surface area contributed by atoms with Crippen molar-refractivity contribution in [2.45, 2.75) is 13.3 Å². The van der Waals surface area contributed by atoms with E-state index in [9.17, 15) is 14.9 Å². The molecule has 1 aliphatic heterocycles. The van der Waals surface area contributed by atoms with Crippen LogP contribution in [0.5, 0.6) is 0 Å². The predicted molar refractivity (Wildman–Crippen MR) is 70.6 cm³/mol. The second kappa shape index (κ2) is 5.09. The second-order valence-electron chi connectivity index (χ2n) is 4.51. The van der Waals surface area contributed by atoms with E-state index in [0.29, 0.717) is 18.8 Å². The minimum Gasteiger partial charge on any atom is -0.478 e. The van der Waals surface area contributed by atoms with Crippen LogP contribution in [0, 0.1) is 10.1 Å². The van der Waals surface area contributed by atoms with E-state index < -0.39 is 10.9 Å². The number of carbonyl (C=O) groups is 1. The van der Waals surface area contributed by atoms with Crippen molar-refractivity contribution in [1.29, 1.82) is 0 Å². The maximum absolute atomic E-state index is 11.1. The van der Waals surface area contributed by atoms with Gasteiger partial charge in [-0.1, -0.05) is 11.6 Å². The highest BCUT2D eigenvalue weighted by Gasteiger charge is 2.22. The first kappa shape index (κ1) is 13.1. The fraction of sp³-hybridized carbons (Fsp3) is 0.308. The number of carboxylic acids is 1. The summed E-state index contributed by atoms with van der Waals surface area (Å²) in [5.41, 5.74) is 1.51. The molecule has 0 fully saturated rings. The van der Waals surface area contributed by atoms with Crippen molar-refractivity contribution in [2.24, 2.45) is 0 Å². The summed E-state index contributed by atoms with van der Waals surface area (Å²) in [4.78, 5) is 23.3. The number of aromatic carboxylic acids is 1. The monoisotopic (exact) mass is 262 g/mol. The van der Waals surface area contributed by atoms with E-state index in [2.05, 4.69) is 0 Å². The smallest absolute Gasteiger partial charge is 0.335 e. The normalized spacial score (nSPS) is 15.0. The number of hydrogen-bond donors (Lipinski definition) is 1. The molecule has 0 saturated carbocycles. The SMILES string of the molecule is CC1=CCN(c2ccc(C(=O)O)cc2[N+](=O)[O-])CC1. The summed E-state index contributed by atoms with van der Waals surface area (Å²) in [5.74, 6) is -1.16. The van der Waals surface area contributed by atoms with Crippen molar-refractivity contribution in [3.8, 4) is 0 Å². The molecule has 0 amide bonds. The molecule has 0 radical (unpaired) electrons. The second-order valence-corrected chi connectivity index (χ2v) is 4.51. The number of anilines is 1. The zero-order chi connectivity index (χ0) is 14.0. The van der Waals surface area contributed by atoms with Crippen LogP contribution < -0.4 is 4.90 Å². The van der Waals surface area contributed by atoms with Gasteiger partial charge in [-0.3, -0.25) is 10.1 Å². The van der Waals surface area contributed by atoms with E-state index in [4.69, 9.17) is 5.11 Å². The number of rotatable bonds is 3. The summed E-state index contributed by atoms with van der Waals surface area (Å²) < 4.78 is 0. The molecule has 6 heteroatoms. The number of nitro benzene ring substituents is 1. The Morgan fingerprint density at radius 3 is 2.74 bits per heavy atom. The summed E-state index contributed by atoms with van der Waals surface area (Å²) in [7, 11) is 0. The van der Waals surface area contributed by atoms with E-state index in [1.54, 1.807) is 0 Å². The Kier molecular flexibility index (Phi) is 3.50. The summed E-state index contributed by atoms with van der Waals surface area (Å²) in [6, 6.07) is 4.02. The molecule has 19 heavy (non-hydrogen) atoms. The van der Waals surface area contributed by atoms with Gasteiger partial charge in [0.05, 0.1) is 10.5 Å². The molecule has 0 aromatic heterocycles. The quantitative estimate of drug-likeness (QED) is 0.514. The lowest BCUT2D eigenvalue weighted by Gasteiger charge is -2.27. The van der Waals surface area contributed by atoms with Gasteiger partial charge in [-0.05, 0) is 25.5 Å². The van der Waals surface area contributed by atoms with Crippen molar-refractivity contribution in [1.82, 2.24) is 0 Å². The topological polar surface area (TPSA) is 83.7 Å². The molecule has 1 aliphatic rings. The van der Waals surface area contributed by atoms with Gasteiger partial charge in [0.15, 0.2) is 0 Å². The number of carboxylic acid groups (broad SMARTS) is 1. The van der Waals surface area contributed by atoms with Gasteiger partial charge in [0.25, 0.3) is 5.69 Å². The average molecular weight is 262 g/mol. The third-order valence-electron chi connectivity index (χ3n) is 3.20. The molecule has 0 aliphatic carbocycles. The van der Waals surface area contributed by atoms with Crippen LogP contribution in [0.4, 0.5) is 11.4 Å². The van der Waals surface area contributed by atoms with Gasteiger partial charge in [0.1, 0.15) is 5.69 Å². The van der Waals surface area contributed by atoms with Crippen LogP contribution >= 0.6 is 0 Å². The predicted octanol–water partition coefficient (Wildman–Crippen LogP) is 2.45. The molecule has 6 nitrogen and oxygen atoms in total. The number of benzene rings is 1. The fourth-order valence-electron chi connectivity index (χ4n) is 2.06. The van der Waals surface area contributed by atoms with Crippen molar-refractivity contribution in [2.75, 3.05) is 18.0 Å². The lowest BCUT2D eigenvalue weighted by atomic mass is 10.1. The minimum absolute atomic E-state index is 0.0702. The minimum atomic E-state index is -1.16. The van der Waals surface area contributed by atoms with Gasteiger partial charge < -0.3 is 10.0 Å². The summed E-state index contributed by atoms with van der Waals surface area (Å²) in [6.07, 6.45) is 2.89. The first-order chi connectivity index (χ1) is 8.99. The van der Waals surface area contributed by atoms with Crippen LogP contribution in [0.25, 0.3) is 0 Å². The van der Waals surface area contributed by atoms with Crippen LogP contribution in [-0.2, 0) is 0 Å². The third-order valence-corrected chi connectivity index (χ3v) is 3.20. The molecule has 0 saturated heterocycles. The van der Waals surface area contributed by atoms with E-state index in [1.165, 1.54) is 17.7 Å². The van der Waals surface area contributed by atoms with Crippen molar-refractivity contribution >= 4 is 17.3 Å². The number of hydrogen-bond acceptors (Lipinski definition) is 4. The molecule has 1 heterocycles. The molecule has 0 unspecified atom stereocenters. The largest absolute Gasteiger partial charge is 0.478 e. The molecule has 0 spiro atoms. The summed E-state index contributed by atoms with van der Waals surface area (Å²) >= 11 is 0. The van der Waals surface area contributed by atoms with Crippen LogP contribution in [0.1, 0.15) is 23.7 Å². The van der Waals surface area contributed by atoms with Gasteiger partial charge in [0.2, 0.25) is 0 Å². The maximum atomic E-state index is 11.1. The Bertz CT molecular complexity index is 566. The summed E-state index contributed by atoms with van der Waals surface area (Å²) in [5, 5.41) is 20.0. The highest BCUT2D eigenvalue weighted by Crippen LogP contribution is 2.31. The van der Waals surface area contributed by atoms with E-state index in [-0.39, 0.29) is 11.3 Å². The molecule has 2 rings (SSSR count). The Morgan fingerprint density at radius 2 is 2.21 bits per heavy atom. The molecule has 100 valence electrons. The molecule has 1 aromatic rings.